The smallest absolute Gasteiger partial charge is 0.240 e. The van der Waals surface area contributed by atoms with Crippen LogP contribution in [0.1, 0.15) is 11.1 Å². The van der Waals surface area contributed by atoms with Crippen molar-refractivity contribution >= 4 is 15.7 Å². The van der Waals surface area contributed by atoms with Crippen LogP contribution in [0.3, 0.4) is 0 Å². The van der Waals surface area contributed by atoms with Gasteiger partial charge in [0.25, 0.3) is 0 Å². The van der Waals surface area contributed by atoms with Gasteiger partial charge in [-0.15, -0.1) is 0 Å². The van der Waals surface area contributed by atoms with Crippen LogP contribution in [0.25, 0.3) is 0 Å². The van der Waals surface area contributed by atoms with Gasteiger partial charge in [-0.1, -0.05) is 12.1 Å². The van der Waals surface area contributed by atoms with Crippen molar-refractivity contribution in [3.63, 3.8) is 0 Å². The Balaban J connectivity index is 2.13. The molecule has 0 unspecified atom stereocenters. The van der Waals surface area contributed by atoms with E-state index in [4.69, 9.17) is 11.0 Å². The molecule has 4 N–H and O–H groups in total. The second-order valence-electron chi connectivity index (χ2n) is 4.35. The van der Waals surface area contributed by atoms with Crippen molar-refractivity contribution in [2.75, 3.05) is 5.73 Å². The van der Waals surface area contributed by atoms with Crippen molar-refractivity contribution in [1.82, 2.24) is 4.72 Å². The van der Waals surface area contributed by atoms with Crippen LogP contribution < -0.4 is 10.5 Å². The second-order valence-corrected chi connectivity index (χ2v) is 6.12. The van der Waals surface area contributed by atoms with Gasteiger partial charge in [0.15, 0.2) is 0 Å². The number of nitrogen functional groups attached to an aromatic ring is 1. The predicted molar refractivity (Wildman–Crippen MR) is 77.7 cm³/mol. The fourth-order valence-corrected chi connectivity index (χ4v) is 2.71. The third-order valence-electron chi connectivity index (χ3n) is 2.86. The van der Waals surface area contributed by atoms with E-state index in [9.17, 15) is 13.5 Å². The van der Waals surface area contributed by atoms with Crippen LogP contribution in [0.15, 0.2) is 47.4 Å². The average molecular weight is 303 g/mol. The third-order valence-corrected chi connectivity index (χ3v) is 4.26. The summed E-state index contributed by atoms with van der Waals surface area (Å²) in [4.78, 5) is -0.0218. The Morgan fingerprint density at radius 1 is 1.19 bits per heavy atom. The van der Waals surface area contributed by atoms with E-state index in [0.29, 0.717) is 5.56 Å². The van der Waals surface area contributed by atoms with Gasteiger partial charge in [-0.25, -0.2) is 13.1 Å². The molecule has 7 heteroatoms. The van der Waals surface area contributed by atoms with Crippen molar-refractivity contribution in [1.29, 1.82) is 5.26 Å². The topological polar surface area (TPSA) is 116 Å². The molecule has 0 saturated carbocycles. The van der Waals surface area contributed by atoms with E-state index in [-0.39, 0.29) is 22.9 Å². The molecule has 0 bridgehead atoms. The highest BCUT2D eigenvalue weighted by Crippen LogP contribution is 2.23. The molecule has 0 fully saturated rings. The van der Waals surface area contributed by atoms with E-state index in [1.807, 2.05) is 6.07 Å². The first-order chi connectivity index (χ1) is 9.92. The lowest BCUT2D eigenvalue weighted by molar-refractivity contribution is 0.477. The number of hydrogen-bond donors (Lipinski definition) is 3. The van der Waals surface area contributed by atoms with Gasteiger partial charge in [0, 0.05) is 6.54 Å². The molecule has 0 saturated heterocycles. The third kappa shape index (κ3) is 3.51. The number of nitrogens with two attached hydrogens (primary N) is 1. The zero-order valence-corrected chi connectivity index (χ0v) is 11.8. The van der Waals surface area contributed by atoms with Gasteiger partial charge < -0.3 is 10.8 Å². The van der Waals surface area contributed by atoms with E-state index in [1.165, 1.54) is 18.2 Å². The summed E-state index contributed by atoms with van der Waals surface area (Å²) in [7, 11) is -3.72. The van der Waals surface area contributed by atoms with Gasteiger partial charge in [0.1, 0.15) is 5.75 Å². The summed E-state index contributed by atoms with van der Waals surface area (Å²) < 4.78 is 26.6. The number of rotatable bonds is 4. The van der Waals surface area contributed by atoms with Crippen LogP contribution in [0, 0.1) is 11.3 Å². The molecule has 2 aromatic rings. The van der Waals surface area contributed by atoms with Crippen molar-refractivity contribution in [3.8, 4) is 11.8 Å². The van der Waals surface area contributed by atoms with E-state index in [2.05, 4.69) is 4.72 Å². The zero-order chi connectivity index (χ0) is 15.5. The molecular formula is C14H13N3O3S. The lowest BCUT2D eigenvalue weighted by atomic mass is 10.1. The Morgan fingerprint density at radius 2 is 1.86 bits per heavy atom. The standard InChI is InChI=1S/C14H13N3O3S/c15-8-10-1-3-11(4-2-10)9-17-21(19,20)12-5-6-14(18)13(16)7-12/h1-7,17-18H,9,16H2. The second kappa shape index (κ2) is 5.83. The number of benzene rings is 2. The van der Waals surface area contributed by atoms with Crippen LogP contribution in [-0.4, -0.2) is 13.5 Å². The highest BCUT2D eigenvalue weighted by atomic mass is 32.2. The molecule has 2 rings (SSSR count). The van der Waals surface area contributed by atoms with Gasteiger partial charge in [0.05, 0.1) is 22.2 Å². The monoisotopic (exact) mass is 303 g/mol. The van der Waals surface area contributed by atoms with Crippen LogP contribution in [0.2, 0.25) is 0 Å². The lowest BCUT2D eigenvalue weighted by Gasteiger charge is -2.08. The van der Waals surface area contributed by atoms with E-state index in [1.54, 1.807) is 24.3 Å². The SMILES string of the molecule is N#Cc1ccc(CNS(=O)(=O)c2ccc(O)c(N)c2)cc1. The summed E-state index contributed by atoms with van der Waals surface area (Å²) in [5, 5.41) is 18.0. The number of phenols is 1. The van der Waals surface area contributed by atoms with Gasteiger partial charge >= 0.3 is 0 Å². The van der Waals surface area contributed by atoms with Crippen LogP contribution in [0.5, 0.6) is 5.75 Å². The molecule has 2 aromatic carbocycles. The number of nitrogens with one attached hydrogen (secondary N) is 1. The van der Waals surface area contributed by atoms with Crippen molar-refractivity contribution in [2.45, 2.75) is 11.4 Å². The molecule has 0 heterocycles. The fraction of sp³-hybridized carbons (Fsp3) is 0.0714. The Morgan fingerprint density at radius 3 is 2.43 bits per heavy atom. The van der Waals surface area contributed by atoms with Gasteiger partial charge in [-0.2, -0.15) is 5.26 Å². The molecule has 0 aliphatic carbocycles. The number of sulfonamides is 1. The molecule has 108 valence electrons. The minimum absolute atomic E-state index is 0.00347. The molecule has 6 nitrogen and oxygen atoms in total. The Bertz CT molecular complexity index is 793. The first-order valence-electron chi connectivity index (χ1n) is 5.99. The number of phenolic OH excluding ortho intramolecular Hbond substituents is 1. The zero-order valence-electron chi connectivity index (χ0n) is 10.9. The van der Waals surface area contributed by atoms with Crippen LogP contribution >= 0.6 is 0 Å². The first-order valence-corrected chi connectivity index (χ1v) is 7.48. The maximum Gasteiger partial charge on any atom is 0.240 e. The Labute approximate surface area is 122 Å². The molecule has 0 spiro atoms. The highest BCUT2D eigenvalue weighted by molar-refractivity contribution is 7.89. The summed E-state index contributed by atoms with van der Waals surface area (Å²) in [6.07, 6.45) is 0. The number of nitrogens with zero attached hydrogens (tertiary/aromatic N) is 1. The van der Waals surface area contributed by atoms with Crippen LogP contribution in [0.4, 0.5) is 5.69 Å². The fourth-order valence-electron chi connectivity index (χ4n) is 1.66. The first kappa shape index (κ1) is 14.8. The molecule has 0 aromatic heterocycles. The van der Waals surface area contributed by atoms with Crippen LogP contribution in [-0.2, 0) is 16.6 Å². The summed E-state index contributed by atoms with van der Waals surface area (Å²) >= 11 is 0. The average Bonchev–Trinajstić information content (AvgIpc) is 2.48. The van der Waals surface area contributed by atoms with Gasteiger partial charge in [-0.3, -0.25) is 0 Å². The number of aromatic hydroxyl groups is 1. The number of nitriles is 1. The van der Waals surface area contributed by atoms with Crippen molar-refractivity contribution < 1.29 is 13.5 Å². The molecule has 21 heavy (non-hydrogen) atoms. The molecule has 0 aliphatic heterocycles. The maximum atomic E-state index is 12.1. The summed E-state index contributed by atoms with van der Waals surface area (Å²) in [5.41, 5.74) is 6.71. The highest BCUT2D eigenvalue weighted by Gasteiger charge is 2.15. The van der Waals surface area contributed by atoms with Gasteiger partial charge in [-0.05, 0) is 35.9 Å². The van der Waals surface area contributed by atoms with Gasteiger partial charge in [0.2, 0.25) is 10.0 Å². The molecule has 0 radical (unpaired) electrons. The quantitative estimate of drug-likeness (QED) is 0.582. The van der Waals surface area contributed by atoms with E-state index >= 15 is 0 Å². The van der Waals surface area contributed by atoms with Crippen molar-refractivity contribution in [2.24, 2.45) is 0 Å². The number of hydrogen-bond acceptors (Lipinski definition) is 5. The van der Waals surface area contributed by atoms with E-state index < -0.39 is 10.0 Å². The molecular weight excluding hydrogens is 290 g/mol. The van der Waals surface area contributed by atoms with Crippen molar-refractivity contribution in [3.05, 3.63) is 53.6 Å². The summed E-state index contributed by atoms with van der Waals surface area (Å²) in [5.74, 6) is -0.166. The van der Waals surface area contributed by atoms with E-state index in [0.717, 1.165) is 5.56 Å². The lowest BCUT2D eigenvalue weighted by Crippen LogP contribution is -2.23. The predicted octanol–water partition coefficient (Wildman–Crippen LogP) is 1.32. The Hall–Kier alpha value is -2.56. The molecule has 0 aliphatic rings. The Kier molecular flexibility index (Phi) is 4.12. The normalized spacial score (nSPS) is 11.0. The molecule has 0 amide bonds. The largest absolute Gasteiger partial charge is 0.506 e. The summed E-state index contributed by atoms with van der Waals surface area (Å²) in [6, 6.07) is 12.2. The minimum atomic E-state index is -3.72. The minimum Gasteiger partial charge on any atom is -0.506 e. The summed E-state index contributed by atoms with van der Waals surface area (Å²) in [6.45, 7) is 0.0921. The maximum absolute atomic E-state index is 12.1. The number of anilines is 1. The molecule has 0 atom stereocenters.